The van der Waals surface area contributed by atoms with Gasteiger partial charge < -0.3 is 5.32 Å². The lowest BCUT2D eigenvalue weighted by molar-refractivity contribution is -0.386. The van der Waals surface area contributed by atoms with Crippen molar-refractivity contribution in [1.29, 1.82) is 0 Å². The van der Waals surface area contributed by atoms with Crippen molar-refractivity contribution in [3.63, 3.8) is 0 Å². The number of sulfone groups is 1. The fraction of sp³-hybridized carbons (Fsp3) is 0.308. The standard InChI is InChI=1S/C13H16N4O4S/c1-10-8-15-16(9-10)7-6-14-11-4-3-5-12(22(2,20)21)13(11)17(18)19/h3-5,8-9,14H,6-7H2,1-2H3. The van der Waals surface area contributed by atoms with Gasteiger partial charge in [0.2, 0.25) is 0 Å². The molecular weight excluding hydrogens is 308 g/mol. The second-order valence-electron chi connectivity index (χ2n) is 4.89. The van der Waals surface area contributed by atoms with Crippen molar-refractivity contribution in [2.45, 2.75) is 18.4 Å². The SMILES string of the molecule is Cc1cnn(CCNc2cccc(S(C)(=O)=O)c2[N+](=O)[O-])c1. The Morgan fingerprint density at radius 2 is 2.14 bits per heavy atom. The summed E-state index contributed by atoms with van der Waals surface area (Å²) >= 11 is 0. The summed E-state index contributed by atoms with van der Waals surface area (Å²) in [6.07, 6.45) is 4.52. The minimum atomic E-state index is -3.67. The normalized spacial score (nSPS) is 11.4. The van der Waals surface area contributed by atoms with Crippen LogP contribution in [0.3, 0.4) is 0 Å². The smallest absolute Gasteiger partial charge is 0.310 e. The molecule has 0 aliphatic rings. The van der Waals surface area contributed by atoms with E-state index in [1.165, 1.54) is 18.2 Å². The van der Waals surface area contributed by atoms with Crippen LogP contribution >= 0.6 is 0 Å². The molecule has 1 N–H and O–H groups in total. The average molecular weight is 324 g/mol. The third kappa shape index (κ3) is 3.61. The average Bonchev–Trinajstić information content (AvgIpc) is 2.83. The molecule has 0 saturated heterocycles. The van der Waals surface area contributed by atoms with Crippen molar-refractivity contribution in [2.24, 2.45) is 0 Å². The zero-order valence-electron chi connectivity index (χ0n) is 12.2. The Kier molecular flexibility index (Phi) is 4.45. The highest BCUT2D eigenvalue weighted by Gasteiger charge is 2.25. The first-order valence-electron chi connectivity index (χ1n) is 6.49. The first-order valence-corrected chi connectivity index (χ1v) is 8.38. The minimum Gasteiger partial charge on any atom is -0.378 e. The lowest BCUT2D eigenvalue weighted by Gasteiger charge is -2.09. The molecule has 0 aliphatic carbocycles. The maximum absolute atomic E-state index is 11.7. The van der Waals surface area contributed by atoms with Gasteiger partial charge in [-0.1, -0.05) is 6.07 Å². The number of nitro benzene ring substituents is 1. The van der Waals surface area contributed by atoms with Crippen molar-refractivity contribution in [1.82, 2.24) is 9.78 Å². The largest absolute Gasteiger partial charge is 0.378 e. The molecule has 8 nitrogen and oxygen atoms in total. The van der Waals surface area contributed by atoms with E-state index >= 15 is 0 Å². The molecule has 9 heteroatoms. The van der Waals surface area contributed by atoms with Crippen LogP contribution in [-0.2, 0) is 16.4 Å². The number of aromatic nitrogens is 2. The molecule has 2 aromatic rings. The Labute approximate surface area is 127 Å². The summed E-state index contributed by atoms with van der Waals surface area (Å²) in [5.74, 6) is 0. The summed E-state index contributed by atoms with van der Waals surface area (Å²) in [6, 6.07) is 4.19. The molecule has 0 spiro atoms. The van der Waals surface area contributed by atoms with Gasteiger partial charge in [0.25, 0.3) is 0 Å². The molecule has 118 valence electrons. The number of aryl methyl sites for hydroxylation is 1. The van der Waals surface area contributed by atoms with Gasteiger partial charge >= 0.3 is 5.69 Å². The van der Waals surface area contributed by atoms with E-state index in [0.717, 1.165) is 11.8 Å². The molecule has 0 amide bonds. The second kappa shape index (κ2) is 6.14. The van der Waals surface area contributed by atoms with E-state index in [-0.39, 0.29) is 10.6 Å². The van der Waals surface area contributed by atoms with Gasteiger partial charge in [0.15, 0.2) is 9.84 Å². The first kappa shape index (κ1) is 16.0. The maximum atomic E-state index is 11.7. The van der Waals surface area contributed by atoms with Crippen molar-refractivity contribution in [3.8, 4) is 0 Å². The zero-order chi connectivity index (χ0) is 16.3. The number of hydrogen-bond donors (Lipinski definition) is 1. The summed E-state index contributed by atoms with van der Waals surface area (Å²) in [5, 5.41) is 18.2. The Hall–Kier alpha value is -2.42. The minimum absolute atomic E-state index is 0.178. The van der Waals surface area contributed by atoms with Crippen LogP contribution in [-0.4, -0.2) is 35.9 Å². The Balaban J connectivity index is 2.22. The van der Waals surface area contributed by atoms with E-state index in [2.05, 4.69) is 10.4 Å². The van der Waals surface area contributed by atoms with Crippen LogP contribution in [0.5, 0.6) is 0 Å². The predicted molar refractivity (Wildman–Crippen MR) is 81.7 cm³/mol. The zero-order valence-corrected chi connectivity index (χ0v) is 13.0. The number of nitro groups is 1. The highest BCUT2D eigenvalue weighted by Crippen LogP contribution is 2.31. The van der Waals surface area contributed by atoms with Crippen LogP contribution < -0.4 is 5.32 Å². The van der Waals surface area contributed by atoms with Crippen LogP contribution in [0.1, 0.15) is 5.56 Å². The molecule has 0 aliphatic heterocycles. The molecule has 0 saturated carbocycles. The van der Waals surface area contributed by atoms with Gasteiger partial charge in [0.05, 0.1) is 17.7 Å². The number of nitrogens with zero attached hydrogens (tertiary/aromatic N) is 3. The summed E-state index contributed by atoms with van der Waals surface area (Å²) in [5.41, 5.74) is 0.767. The van der Waals surface area contributed by atoms with Crippen molar-refractivity contribution in [3.05, 3.63) is 46.3 Å². The number of para-hydroxylation sites is 1. The molecular formula is C13H16N4O4S. The van der Waals surface area contributed by atoms with Crippen LogP contribution in [0.4, 0.5) is 11.4 Å². The van der Waals surface area contributed by atoms with E-state index in [1.807, 2.05) is 13.1 Å². The van der Waals surface area contributed by atoms with Crippen LogP contribution in [0.2, 0.25) is 0 Å². The van der Waals surface area contributed by atoms with Crippen LogP contribution in [0, 0.1) is 17.0 Å². The highest BCUT2D eigenvalue weighted by atomic mass is 32.2. The quantitative estimate of drug-likeness (QED) is 0.639. The van der Waals surface area contributed by atoms with Gasteiger partial charge in [-0.2, -0.15) is 5.10 Å². The summed E-state index contributed by atoms with van der Waals surface area (Å²) in [6.45, 7) is 2.81. The van der Waals surface area contributed by atoms with Gasteiger partial charge in [0, 0.05) is 19.0 Å². The van der Waals surface area contributed by atoms with E-state index in [9.17, 15) is 18.5 Å². The topological polar surface area (TPSA) is 107 Å². The Bertz CT molecular complexity index is 798. The van der Waals surface area contributed by atoms with Gasteiger partial charge in [-0.05, 0) is 24.6 Å². The third-order valence-electron chi connectivity index (χ3n) is 3.00. The monoisotopic (exact) mass is 324 g/mol. The summed E-state index contributed by atoms with van der Waals surface area (Å²) in [4.78, 5) is 10.2. The van der Waals surface area contributed by atoms with E-state index < -0.39 is 20.4 Å². The third-order valence-corrected chi connectivity index (χ3v) is 4.13. The fourth-order valence-corrected chi connectivity index (χ4v) is 2.91. The molecule has 0 radical (unpaired) electrons. The molecule has 22 heavy (non-hydrogen) atoms. The van der Waals surface area contributed by atoms with Crippen LogP contribution in [0.15, 0.2) is 35.5 Å². The molecule has 0 unspecified atom stereocenters. The van der Waals surface area contributed by atoms with Crippen molar-refractivity contribution >= 4 is 21.2 Å². The first-order chi connectivity index (χ1) is 10.3. The van der Waals surface area contributed by atoms with E-state index in [1.54, 1.807) is 10.9 Å². The number of nitrogens with one attached hydrogen (secondary N) is 1. The number of anilines is 1. The molecule has 0 fully saturated rings. The van der Waals surface area contributed by atoms with Crippen molar-refractivity contribution in [2.75, 3.05) is 18.1 Å². The highest BCUT2D eigenvalue weighted by molar-refractivity contribution is 7.90. The van der Waals surface area contributed by atoms with Crippen LogP contribution in [0.25, 0.3) is 0 Å². The summed E-state index contributed by atoms with van der Waals surface area (Å²) < 4.78 is 25.0. The van der Waals surface area contributed by atoms with E-state index in [4.69, 9.17) is 0 Å². The Morgan fingerprint density at radius 3 is 2.68 bits per heavy atom. The predicted octanol–water partition coefficient (Wildman–Crippen LogP) is 1.62. The number of hydrogen-bond acceptors (Lipinski definition) is 6. The Morgan fingerprint density at radius 1 is 1.41 bits per heavy atom. The van der Waals surface area contributed by atoms with Gasteiger partial charge in [-0.3, -0.25) is 14.8 Å². The fourth-order valence-electron chi connectivity index (χ4n) is 2.05. The number of benzene rings is 1. The lowest BCUT2D eigenvalue weighted by Crippen LogP contribution is -2.13. The second-order valence-corrected chi connectivity index (χ2v) is 6.87. The van der Waals surface area contributed by atoms with Gasteiger partial charge in [-0.25, -0.2) is 8.42 Å². The van der Waals surface area contributed by atoms with Crippen molar-refractivity contribution < 1.29 is 13.3 Å². The summed E-state index contributed by atoms with van der Waals surface area (Å²) in [7, 11) is -3.67. The van der Waals surface area contributed by atoms with Gasteiger partial charge in [-0.15, -0.1) is 0 Å². The molecule has 1 heterocycles. The maximum Gasteiger partial charge on any atom is 0.310 e. The number of rotatable bonds is 6. The molecule has 1 aromatic heterocycles. The van der Waals surface area contributed by atoms with E-state index in [0.29, 0.717) is 13.1 Å². The van der Waals surface area contributed by atoms with Gasteiger partial charge in [0.1, 0.15) is 10.6 Å². The molecule has 2 rings (SSSR count). The molecule has 1 aromatic carbocycles. The molecule has 0 bridgehead atoms. The molecule has 0 atom stereocenters. The lowest BCUT2D eigenvalue weighted by atomic mass is 10.2.